The van der Waals surface area contributed by atoms with Gasteiger partial charge in [0.1, 0.15) is 23.2 Å². The van der Waals surface area contributed by atoms with E-state index in [1.54, 1.807) is 38.1 Å². The van der Waals surface area contributed by atoms with Crippen molar-refractivity contribution >= 4 is 23.5 Å². The summed E-state index contributed by atoms with van der Waals surface area (Å²) in [6.07, 6.45) is 0.0643. The van der Waals surface area contributed by atoms with Crippen molar-refractivity contribution in [3.8, 4) is 5.75 Å². The van der Waals surface area contributed by atoms with Gasteiger partial charge in [-0.2, -0.15) is 0 Å². The normalized spacial score (nSPS) is 11.8. The Morgan fingerprint density at radius 2 is 2.08 bits per heavy atom. The van der Waals surface area contributed by atoms with E-state index in [1.165, 1.54) is 6.07 Å². The van der Waals surface area contributed by atoms with Crippen LogP contribution in [0.3, 0.4) is 0 Å². The highest BCUT2D eigenvalue weighted by atomic mass is 35.5. The molecule has 6 nitrogen and oxygen atoms in total. The van der Waals surface area contributed by atoms with Crippen LogP contribution in [-0.2, 0) is 6.42 Å². The average molecular weight is 352 g/mol. The maximum Gasteiger partial charge on any atom is 0.339 e. The van der Waals surface area contributed by atoms with E-state index in [0.29, 0.717) is 17.2 Å². The van der Waals surface area contributed by atoms with Crippen LogP contribution in [0.5, 0.6) is 5.75 Å². The largest absolute Gasteiger partial charge is 0.487 e. The number of rotatable bonds is 7. The molecule has 1 aromatic carbocycles. The number of benzene rings is 1. The summed E-state index contributed by atoms with van der Waals surface area (Å²) in [5.41, 5.74) is 0.00279. The number of carboxylic acids is 1. The SMILES string of the molecule is CCc1oc(C(=O)NCC(C)Oc2ccccc2Cl)cc1C(=O)O. The van der Waals surface area contributed by atoms with Gasteiger partial charge in [-0.15, -0.1) is 0 Å². The Kier molecular flexibility index (Phi) is 5.87. The van der Waals surface area contributed by atoms with Gasteiger partial charge in [0.05, 0.1) is 11.6 Å². The summed E-state index contributed by atoms with van der Waals surface area (Å²) in [5.74, 6) is -0.848. The van der Waals surface area contributed by atoms with Gasteiger partial charge in [0.2, 0.25) is 0 Å². The highest BCUT2D eigenvalue weighted by Crippen LogP contribution is 2.24. The van der Waals surface area contributed by atoms with Crippen LogP contribution in [0.4, 0.5) is 0 Å². The molecule has 0 radical (unpaired) electrons. The number of ether oxygens (including phenoxy) is 1. The monoisotopic (exact) mass is 351 g/mol. The lowest BCUT2D eigenvalue weighted by molar-refractivity contribution is 0.0694. The van der Waals surface area contributed by atoms with Crippen molar-refractivity contribution in [1.29, 1.82) is 0 Å². The van der Waals surface area contributed by atoms with Gasteiger partial charge in [-0.05, 0) is 19.1 Å². The first-order valence-electron chi connectivity index (χ1n) is 7.47. The van der Waals surface area contributed by atoms with Crippen molar-refractivity contribution in [2.75, 3.05) is 6.54 Å². The van der Waals surface area contributed by atoms with Crippen molar-refractivity contribution in [3.05, 3.63) is 52.4 Å². The summed E-state index contributed by atoms with van der Waals surface area (Å²) in [6.45, 7) is 3.76. The molecule has 24 heavy (non-hydrogen) atoms. The lowest BCUT2D eigenvalue weighted by Crippen LogP contribution is -2.33. The van der Waals surface area contributed by atoms with Gasteiger partial charge in [0.25, 0.3) is 5.91 Å². The summed E-state index contributed by atoms with van der Waals surface area (Å²) in [6, 6.07) is 8.28. The number of halogens is 1. The molecule has 128 valence electrons. The van der Waals surface area contributed by atoms with E-state index in [-0.39, 0.29) is 29.7 Å². The molecule has 0 bridgehead atoms. The molecule has 0 saturated heterocycles. The number of nitrogens with one attached hydrogen (secondary N) is 1. The molecule has 0 saturated carbocycles. The lowest BCUT2D eigenvalue weighted by atomic mass is 10.2. The number of carbonyl (C=O) groups is 2. The third kappa shape index (κ3) is 4.29. The van der Waals surface area contributed by atoms with Crippen LogP contribution in [-0.4, -0.2) is 29.6 Å². The second-order valence-electron chi connectivity index (χ2n) is 5.18. The number of furan rings is 1. The number of carbonyl (C=O) groups excluding carboxylic acids is 1. The summed E-state index contributed by atoms with van der Waals surface area (Å²) in [5, 5.41) is 12.2. The first-order chi connectivity index (χ1) is 11.4. The Hall–Kier alpha value is -2.47. The molecular weight excluding hydrogens is 334 g/mol. The van der Waals surface area contributed by atoms with Crippen LogP contribution in [0.2, 0.25) is 5.02 Å². The minimum absolute atomic E-state index is 0.00279. The number of para-hydroxylation sites is 1. The first kappa shape index (κ1) is 17.9. The number of hydrogen-bond donors (Lipinski definition) is 2. The van der Waals surface area contributed by atoms with Gasteiger partial charge in [-0.25, -0.2) is 4.79 Å². The van der Waals surface area contributed by atoms with E-state index in [2.05, 4.69) is 5.32 Å². The first-order valence-corrected chi connectivity index (χ1v) is 7.85. The standard InChI is InChI=1S/C17H18ClNO5/c1-3-13-11(17(21)22)8-15(24-13)16(20)19-9-10(2)23-14-7-5-4-6-12(14)18/h4-8,10H,3,9H2,1-2H3,(H,19,20)(H,21,22). The second kappa shape index (κ2) is 7.88. The minimum atomic E-state index is -1.12. The number of carboxylic acid groups (broad SMARTS) is 1. The maximum absolute atomic E-state index is 12.1. The number of aryl methyl sites for hydroxylation is 1. The molecule has 2 N–H and O–H groups in total. The van der Waals surface area contributed by atoms with Gasteiger partial charge >= 0.3 is 5.97 Å². The summed E-state index contributed by atoms with van der Waals surface area (Å²) in [7, 11) is 0. The molecule has 7 heteroatoms. The average Bonchev–Trinajstić information content (AvgIpc) is 2.99. The smallest absolute Gasteiger partial charge is 0.339 e. The highest BCUT2D eigenvalue weighted by molar-refractivity contribution is 6.32. The molecule has 0 fully saturated rings. The van der Waals surface area contributed by atoms with Crippen LogP contribution >= 0.6 is 11.6 Å². The third-order valence-electron chi connectivity index (χ3n) is 3.30. The zero-order valence-corrected chi connectivity index (χ0v) is 14.1. The van der Waals surface area contributed by atoms with E-state index in [1.807, 2.05) is 0 Å². The fourth-order valence-electron chi connectivity index (χ4n) is 2.11. The summed E-state index contributed by atoms with van der Waals surface area (Å²) < 4.78 is 11.0. The van der Waals surface area contributed by atoms with Crippen molar-refractivity contribution < 1.29 is 23.8 Å². The molecule has 1 amide bonds. The van der Waals surface area contributed by atoms with Crippen molar-refractivity contribution in [2.45, 2.75) is 26.4 Å². The van der Waals surface area contributed by atoms with E-state index >= 15 is 0 Å². The van der Waals surface area contributed by atoms with E-state index < -0.39 is 11.9 Å². The molecule has 2 rings (SSSR count). The summed E-state index contributed by atoms with van der Waals surface area (Å²) >= 11 is 6.01. The number of aromatic carboxylic acids is 1. The third-order valence-corrected chi connectivity index (χ3v) is 3.61. The zero-order valence-electron chi connectivity index (χ0n) is 13.3. The molecule has 0 aliphatic rings. The van der Waals surface area contributed by atoms with E-state index in [4.69, 9.17) is 25.9 Å². The Morgan fingerprint density at radius 1 is 1.38 bits per heavy atom. The predicted molar refractivity (Wildman–Crippen MR) is 88.9 cm³/mol. The Morgan fingerprint density at radius 3 is 2.67 bits per heavy atom. The van der Waals surface area contributed by atoms with Crippen molar-refractivity contribution in [3.63, 3.8) is 0 Å². The van der Waals surface area contributed by atoms with Crippen LogP contribution < -0.4 is 10.1 Å². The molecule has 2 aromatic rings. The molecule has 1 heterocycles. The van der Waals surface area contributed by atoms with Crippen LogP contribution in [0.15, 0.2) is 34.7 Å². The Labute approximate surface area is 144 Å². The van der Waals surface area contributed by atoms with Crippen LogP contribution in [0.25, 0.3) is 0 Å². The van der Waals surface area contributed by atoms with E-state index in [0.717, 1.165) is 0 Å². The fraction of sp³-hybridized carbons (Fsp3) is 0.294. The number of amides is 1. The molecule has 1 unspecified atom stereocenters. The van der Waals surface area contributed by atoms with Gasteiger partial charge in [-0.1, -0.05) is 30.7 Å². The van der Waals surface area contributed by atoms with Gasteiger partial charge in [0.15, 0.2) is 5.76 Å². The van der Waals surface area contributed by atoms with Gasteiger partial charge in [0, 0.05) is 12.5 Å². The van der Waals surface area contributed by atoms with Crippen LogP contribution in [0.1, 0.15) is 40.5 Å². The fourth-order valence-corrected chi connectivity index (χ4v) is 2.29. The van der Waals surface area contributed by atoms with E-state index in [9.17, 15) is 9.59 Å². The second-order valence-corrected chi connectivity index (χ2v) is 5.58. The molecule has 0 spiro atoms. The van der Waals surface area contributed by atoms with Gasteiger partial charge in [-0.3, -0.25) is 4.79 Å². The molecular formula is C17H18ClNO5. The summed E-state index contributed by atoms with van der Waals surface area (Å²) in [4.78, 5) is 23.2. The molecule has 1 atom stereocenters. The van der Waals surface area contributed by atoms with Crippen molar-refractivity contribution in [1.82, 2.24) is 5.32 Å². The number of hydrogen-bond acceptors (Lipinski definition) is 4. The van der Waals surface area contributed by atoms with Crippen LogP contribution in [0, 0.1) is 0 Å². The zero-order chi connectivity index (χ0) is 17.7. The lowest BCUT2D eigenvalue weighted by Gasteiger charge is -2.15. The Bertz CT molecular complexity index is 740. The minimum Gasteiger partial charge on any atom is -0.487 e. The molecule has 0 aliphatic carbocycles. The molecule has 0 aliphatic heterocycles. The maximum atomic E-state index is 12.1. The molecule has 1 aromatic heterocycles. The Balaban J connectivity index is 1.95. The highest BCUT2D eigenvalue weighted by Gasteiger charge is 2.20. The van der Waals surface area contributed by atoms with Gasteiger partial charge < -0.3 is 19.6 Å². The van der Waals surface area contributed by atoms with Crippen molar-refractivity contribution in [2.24, 2.45) is 0 Å². The topological polar surface area (TPSA) is 88.8 Å². The predicted octanol–water partition coefficient (Wildman–Crippen LogP) is 3.39. The quantitative estimate of drug-likeness (QED) is 0.798.